The molecule has 0 aromatic carbocycles. The molecule has 0 N–H and O–H groups in total. The van der Waals surface area contributed by atoms with Gasteiger partial charge in [0.25, 0.3) is 0 Å². The van der Waals surface area contributed by atoms with Crippen LogP contribution in [0.3, 0.4) is 0 Å². The third kappa shape index (κ3) is 2.90. The van der Waals surface area contributed by atoms with Crippen LogP contribution in [0.2, 0.25) is 0 Å². The first-order chi connectivity index (χ1) is 6.13. The molecule has 0 fully saturated rings. The summed E-state index contributed by atoms with van der Waals surface area (Å²) < 4.78 is 1.80. The Hall–Kier alpha value is -0.730. The van der Waals surface area contributed by atoms with Crippen LogP contribution in [-0.2, 0) is 6.54 Å². The van der Waals surface area contributed by atoms with Gasteiger partial charge in [-0.05, 0) is 13.0 Å². The largest absolute Gasteiger partial charge is 0.348 e. The van der Waals surface area contributed by atoms with Crippen molar-refractivity contribution in [2.75, 3.05) is 0 Å². The number of hydrogen-bond acceptors (Lipinski definition) is 1. The van der Waals surface area contributed by atoms with Crippen molar-refractivity contribution in [3.05, 3.63) is 34.6 Å². The molecule has 1 aromatic heterocycles. The second-order valence-electron chi connectivity index (χ2n) is 2.68. The van der Waals surface area contributed by atoms with Crippen molar-refractivity contribution in [1.82, 2.24) is 4.57 Å². The fourth-order valence-corrected chi connectivity index (χ4v) is 1.16. The summed E-state index contributed by atoms with van der Waals surface area (Å²) in [5, 5.41) is 0.535. The summed E-state index contributed by atoms with van der Waals surface area (Å²) in [5.41, 5.74) is 1.99. The number of ketones is 1. The first-order valence-electron chi connectivity index (χ1n) is 3.75. The zero-order valence-corrected chi connectivity index (χ0v) is 8.64. The van der Waals surface area contributed by atoms with Gasteiger partial charge in [-0.3, -0.25) is 4.79 Å². The van der Waals surface area contributed by atoms with E-state index < -0.39 is 0 Å². The maximum absolute atomic E-state index is 10.9. The lowest BCUT2D eigenvalue weighted by Crippen LogP contribution is -1.94. The molecule has 0 aliphatic rings. The Labute approximate surface area is 86.8 Å². The molecule has 13 heavy (non-hydrogen) atoms. The van der Waals surface area contributed by atoms with Crippen molar-refractivity contribution in [3.8, 4) is 0 Å². The van der Waals surface area contributed by atoms with Crippen molar-refractivity contribution in [3.63, 3.8) is 0 Å². The van der Waals surface area contributed by atoms with Gasteiger partial charge in [-0.2, -0.15) is 0 Å². The highest BCUT2D eigenvalue weighted by Gasteiger charge is 2.01. The molecule has 0 spiro atoms. The van der Waals surface area contributed by atoms with E-state index in [4.69, 9.17) is 23.2 Å². The van der Waals surface area contributed by atoms with E-state index in [1.807, 2.05) is 0 Å². The molecule has 2 nitrogen and oxygen atoms in total. The smallest absolute Gasteiger partial charge is 0.161 e. The average molecular weight is 218 g/mol. The van der Waals surface area contributed by atoms with Crippen molar-refractivity contribution in [2.24, 2.45) is 0 Å². The van der Waals surface area contributed by atoms with Crippen LogP contribution >= 0.6 is 23.2 Å². The van der Waals surface area contributed by atoms with Crippen LogP contribution in [-0.4, -0.2) is 10.4 Å². The molecular weight excluding hydrogens is 209 g/mol. The van der Waals surface area contributed by atoms with Crippen LogP contribution in [0.25, 0.3) is 0 Å². The van der Waals surface area contributed by atoms with E-state index in [0.717, 1.165) is 0 Å². The molecule has 0 saturated carbocycles. The number of carbonyl (C=O) groups excluding carboxylic acids is 1. The average Bonchev–Trinajstić information content (AvgIpc) is 2.52. The second-order valence-corrected chi connectivity index (χ2v) is 3.39. The first-order valence-corrected chi connectivity index (χ1v) is 4.56. The van der Waals surface area contributed by atoms with E-state index in [2.05, 4.69) is 0 Å². The van der Waals surface area contributed by atoms with Gasteiger partial charge in [0.05, 0.1) is 6.54 Å². The number of rotatable bonds is 3. The van der Waals surface area contributed by atoms with Crippen molar-refractivity contribution >= 4 is 29.0 Å². The fraction of sp³-hybridized carbons (Fsp3) is 0.222. The summed E-state index contributed by atoms with van der Waals surface area (Å²) in [4.78, 5) is 10.9. The maximum atomic E-state index is 10.9. The van der Waals surface area contributed by atoms with Gasteiger partial charge in [-0.25, -0.2) is 0 Å². The lowest BCUT2D eigenvalue weighted by atomic mass is 10.2. The second kappa shape index (κ2) is 4.49. The van der Waals surface area contributed by atoms with E-state index in [1.165, 1.54) is 12.5 Å². The molecule has 4 heteroatoms. The third-order valence-electron chi connectivity index (χ3n) is 1.61. The first kappa shape index (κ1) is 10.4. The maximum Gasteiger partial charge on any atom is 0.161 e. The Morgan fingerprint density at radius 2 is 2.38 bits per heavy atom. The number of aromatic nitrogens is 1. The molecular formula is C9H9Cl2NO. The topological polar surface area (TPSA) is 22.0 Å². The van der Waals surface area contributed by atoms with Crippen LogP contribution < -0.4 is 0 Å². The number of Topliss-reactive ketones (excluding diaryl/α,β-unsaturated/α-hetero) is 1. The standard InChI is InChI=1S/C9H9Cl2NO/c1-7(13)8-2-3-12(5-8)6-9(11)4-10/h2-5H,6H2,1H3/b9-4-. The molecule has 0 unspecified atom stereocenters. The Morgan fingerprint density at radius 1 is 1.69 bits per heavy atom. The summed E-state index contributed by atoms with van der Waals surface area (Å²) >= 11 is 11.1. The monoisotopic (exact) mass is 217 g/mol. The molecule has 0 amide bonds. The summed E-state index contributed by atoms with van der Waals surface area (Å²) in [6.07, 6.45) is 3.53. The minimum atomic E-state index is 0.0460. The highest BCUT2D eigenvalue weighted by Crippen LogP contribution is 2.09. The Balaban J connectivity index is 2.75. The van der Waals surface area contributed by atoms with Gasteiger partial charge in [0.1, 0.15) is 0 Å². The SMILES string of the molecule is CC(=O)c1ccn(C/C(Cl)=C/Cl)c1. The molecule has 1 heterocycles. The number of carbonyl (C=O) groups is 1. The van der Waals surface area contributed by atoms with Gasteiger partial charge in [0, 0.05) is 28.5 Å². The summed E-state index contributed by atoms with van der Waals surface area (Å²) in [7, 11) is 0. The Morgan fingerprint density at radius 3 is 2.85 bits per heavy atom. The predicted molar refractivity (Wildman–Crippen MR) is 54.2 cm³/mol. The van der Waals surface area contributed by atoms with Crippen molar-refractivity contribution in [1.29, 1.82) is 0 Å². The summed E-state index contributed by atoms with van der Waals surface area (Å²) in [6.45, 7) is 2.02. The minimum Gasteiger partial charge on any atom is -0.348 e. The van der Waals surface area contributed by atoms with Gasteiger partial charge in [0.2, 0.25) is 0 Å². The number of allylic oxidation sites excluding steroid dienone is 1. The highest BCUT2D eigenvalue weighted by atomic mass is 35.5. The quantitative estimate of drug-likeness (QED) is 0.714. The number of halogens is 2. The minimum absolute atomic E-state index is 0.0460. The molecule has 0 radical (unpaired) electrons. The van der Waals surface area contributed by atoms with Gasteiger partial charge in [0.15, 0.2) is 5.78 Å². The van der Waals surface area contributed by atoms with Crippen molar-refractivity contribution in [2.45, 2.75) is 13.5 Å². The van der Waals surface area contributed by atoms with Gasteiger partial charge < -0.3 is 4.57 Å². The van der Waals surface area contributed by atoms with Crippen molar-refractivity contribution < 1.29 is 4.79 Å². The zero-order valence-electron chi connectivity index (χ0n) is 7.13. The molecule has 70 valence electrons. The van der Waals surface area contributed by atoms with E-state index in [-0.39, 0.29) is 5.78 Å². The molecule has 0 aliphatic heterocycles. The van der Waals surface area contributed by atoms with Crippen LogP contribution in [0, 0.1) is 0 Å². The van der Waals surface area contributed by atoms with E-state index in [1.54, 1.807) is 23.0 Å². The number of nitrogens with zero attached hydrogens (tertiary/aromatic N) is 1. The normalized spacial score (nSPS) is 11.8. The van der Waals surface area contributed by atoms with Gasteiger partial charge in [-0.1, -0.05) is 23.2 Å². The molecule has 0 bridgehead atoms. The zero-order chi connectivity index (χ0) is 9.84. The fourth-order valence-electron chi connectivity index (χ4n) is 0.956. The van der Waals surface area contributed by atoms with Crippen LogP contribution in [0.1, 0.15) is 17.3 Å². The Bertz CT molecular complexity index is 341. The van der Waals surface area contributed by atoms with Crippen LogP contribution in [0.4, 0.5) is 0 Å². The van der Waals surface area contributed by atoms with Crippen LogP contribution in [0.5, 0.6) is 0 Å². The lowest BCUT2D eigenvalue weighted by Gasteiger charge is -1.98. The number of hydrogen-bond donors (Lipinski definition) is 0. The van der Waals surface area contributed by atoms with E-state index >= 15 is 0 Å². The Kier molecular flexibility index (Phi) is 3.58. The molecule has 1 rings (SSSR count). The molecule has 0 atom stereocenters. The third-order valence-corrected chi connectivity index (χ3v) is 2.21. The van der Waals surface area contributed by atoms with E-state index in [9.17, 15) is 4.79 Å². The molecule has 0 saturated heterocycles. The molecule has 0 aliphatic carbocycles. The predicted octanol–water partition coefficient (Wildman–Crippen LogP) is 3.01. The van der Waals surface area contributed by atoms with Crippen LogP contribution in [0.15, 0.2) is 29.0 Å². The molecule has 1 aromatic rings. The summed E-state index contributed by atoms with van der Waals surface area (Å²) in [5.74, 6) is 0.0460. The summed E-state index contributed by atoms with van der Waals surface area (Å²) in [6, 6.07) is 1.75. The highest BCUT2D eigenvalue weighted by molar-refractivity contribution is 6.36. The van der Waals surface area contributed by atoms with E-state index in [0.29, 0.717) is 17.1 Å². The lowest BCUT2D eigenvalue weighted by molar-refractivity contribution is 0.101. The van der Waals surface area contributed by atoms with Gasteiger partial charge >= 0.3 is 0 Å². The van der Waals surface area contributed by atoms with Gasteiger partial charge in [-0.15, -0.1) is 0 Å².